The molecule has 3 nitrogen and oxygen atoms in total. The van der Waals surface area contributed by atoms with Crippen molar-refractivity contribution in [2.45, 2.75) is 45.4 Å². The van der Waals surface area contributed by atoms with Gasteiger partial charge in [0.2, 0.25) is 5.91 Å². The van der Waals surface area contributed by atoms with Gasteiger partial charge in [-0.3, -0.25) is 9.79 Å². The second-order valence-electron chi connectivity index (χ2n) is 7.98. The minimum atomic E-state index is 0.0717. The lowest BCUT2D eigenvalue weighted by atomic mass is 9.86. The fourth-order valence-corrected chi connectivity index (χ4v) is 5.05. The van der Waals surface area contributed by atoms with Crippen molar-refractivity contribution < 1.29 is 4.79 Å². The Labute approximate surface area is 153 Å². The molecule has 2 aliphatic rings. The molecule has 2 aromatic rings. The van der Waals surface area contributed by atoms with Crippen LogP contribution in [0.1, 0.15) is 54.3 Å². The summed E-state index contributed by atoms with van der Waals surface area (Å²) in [5.41, 5.74) is 6.18. The molecule has 25 heavy (non-hydrogen) atoms. The summed E-state index contributed by atoms with van der Waals surface area (Å²) in [7, 11) is 1.88. The molecule has 1 aliphatic heterocycles. The molecule has 2 heterocycles. The molecule has 0 atom stereocenters. The fraction of sp³-hybridized carbons (Fsp3) is 0.429. The van der Waals surface area contributed by atoms with Crippen LogP contribution in [0.25, 0.3) is 0 Å². The lowest BCUT2D eigenvalue weighted by Gasteiger charge is -2.19. The van der Waals surface area contributed by atoms with E-state index in [4.69, 9.17) is 4.99 Å². The van der Waals surface area contributed by atoms with E-state index in [1.165, 1.54) is 28.0 Å². The molecule has 1 aromatic carbocycles. The summed E-state index contributed by atoms with van der Waals surface area (Å²) < 4.78 is 0. The van der Waals surface area contributed by atoms with Gasteiger partial charge in [-0.2, -0.15) is 0 Å². The lowest BCUT2D eigenvalue weighted by molar-refractivity contribution is -0.116. The molecule has 0 radical (unpaired) electrons. The van der Waals surface area contributed by atoms with E-state index < -0.39 is 0 Å². The second-order valence-corrected chi connectivity index (χ2v) is 9.07. The summed E-state index contributed by atoms with van der Waals surface area (Å²) in [6.45, 7) is 6.90. The number of nitrogens with zero attached hydrogens (tertiary/aromatic N) is 2. The number of carbonyl (C=O) groups is 1. The number of benzene rings is 1. The van der Waals surface area contributed by atoms with Crippen LogP contribution in [0, 0.1) is 0 Å². The highest BCUT2D eigenvalue weighted by Gasteiger charge is 2.31. The Balaban J connectivity index is 1.85. The maximum atomic E-state index is 12.4. The Morgan fingerprint density at radius 1 is 1.12 bits per heavy atom. The molecule has 1 amide bonds. The summed E-state index contributed by atoms with van der Waals surface area (Å²) >= 11 is 1.78. The third kappa shape index (κ3) is 2.73. The number of aryl methyl sites for hydroxylation is 1. The van der Waals surface area contributed by atoms with Crippen LogP contribution in [-0.2, 0) is 23.1 Å². The number of fused-ring (bicyclic) bond motifs is 3. The van der Waals surface area contributed by atoms with Crippen molar-refractivity contribution in [3.63, 3.8) is 0 Å². The Bertz CT molecular complexity index is 869. The monoisotopic (exact) mass is 352 g/mol. The smallest absolute Gasteiger partial charge is 0.249 e. The van der Waals surface area contributed by atoms with E-state index in [2.05, 4.69) is 45.0 Å². The number of likely N-dealkylation sites (N-methyl/N-ethyl adjacent to an activating group) is 1. The first-order valence-electron chi connectivity index (χ1n) is 8.93. The minimum absolute atomic E-state index is 0.0717. The van der Waals surface area contributed by atoms with E-state index in [0.717, 1.165) is 29.1 Å². The van der Waals surface area contributed by atoms with Gasteiger partial charge in [0.25, 0.3) is 0 Å². The van der Waals surface area contributed by atoms with Crippen molar-refractivity contribution in [3.8, 4) is 0 Å². The molecular formula is C21H24N2OS. The summed E-state index contributed by atoms with van der Waals surface area (Å²) in [6, 6.07) is 8.72. The van der Waals surface area contributed by atoms with Crippen LogP contribution >= 0.6 is 11.3 Å². The molecule has 1 aliphatic carbocycles. The van der Waals surface area contributed by atoms with Crippen molar-refractivity contribution in [1.82, 2.24) is 0 Å². The normalized spacial score (nSPS) is 17.2. The maximum Gasteiger partial charge on any atom is 0.249 e. The third-order valence-corrected chi connectivity index (χ3v) is 6.58. The van der Waals surface area contributed by atoms with Crippen molar-refractivity contribution in [1.29, 1.82) is 0 Å². The van der Waals surface area contributed by atoms with E-state index in [1.54, 1.807) is 16.2 Å². The van der Waals surface area contributed by atoms with E-state index in [9.17, 15) is 4.79 Å². The lowest BCUT2D eigenvalue weighted by Crippen LogP contribution is -2.27. The molecule has 0 N–H and O–H groups in total. The van der Waals surface area contributed by atoms with Gasteiger partial charge in [0.05, 0.1) is 5.71 Å². The standard InChI is InChI=1S/C21H24N2OS/c1-21(2,3)14-10-8-13(9-11-14)19-18-15-6-5-7-16(15)25-20(18)23(4)17(24)12-22-19/h8-11H,5-7,12H2,1-4H3. The molecular weight excluding hydrogens is 328 g/mol. The highest BCUT2D eigenvalue weighted by Crippen LogP contribution is 2.43. The van der Waals surface area contributed by atoms with Crippen LogP contribution in [0.4, 0.5) is 5.00 Å². The van der Waals surface area contributed by atoms with E-state index >= 15 is 0 Å². The van der Waals surface area contributed by atoms with Crippen molar-refractivity contribution in [3.05, 3.63) is 51.4 Å². The molecule has 0 spiro atoms. The van der Waals surface area contributed by atoms with Gasteiger partial charge >= 0.3 is 0 Å². The van der Waals surface area contributed by atoms with Crippen LogP contribution in [0.3, 0.4) is 0 Å². The highest BCUT2D eigenvalue weighted by molar-refractivity contribution is 7.17. The number of anilines is 1. The molecule has 0 saturated heterocycles. The topological polar surface area (TPSA) is 32.7 Å². The molecule has 1 aromatic heterocycles. The van der Waals surface area contributed by atoms with Gasteiger partial charge in [-0.25, -0.2) is 0 Å². The zero-order chi connectivity index (χ0) is 17.8. The number of aliphatic imine (C=N–C) groups is 1. The van der Waals surface area contributed by atoms with Crippen LogP contribution < -0.4 is 4.90 Å². The molecule has 0 bridgehead atoms. The van der Waals surface area contributed by atoms with Crippen LogP contribution in [0.15, 0.2) is 29.3 Å². The van der Waals surface area contributed by atoms with Crippen molar-refractivity contribution in [2.75, 3.05) is 18.5 Å². The predicted octanol–water partition coefficient (Wildman–Crippen LogP) is 4.35. The molecule has 4 rings (SSSR count). The zero-order valence-corrected chi connectivity index (χ0v) is 16.2. The first-order chi connectivity index (χ1) is 11.9. The number of thiophene rings is 1. The van der Waals surface area contributed by atoms with Crippen LogP contribution in [-0.4, -0.2) is 25.2 Å². The van der Waals surface area contributed by atoms with Crippen molar-refractivity contribution in [2.24, 2.45) is 4.99 Å². The second kappa shape index (κ2) is 5.80. The van der Waals surface area contributed by atoms with Crippen molar-refractivity contribution >= 4 is 28.0 Å². The Morgan fingerprint density at radius 2 is 1.84 bits per heavy atom. The first kappa shape index (κ1) is 16.5. The van der Waals surface area contributed by atoms with Crippen LogP contribution in [0.5, 0.6) is 0 Å². The quantitative estimate of drug-likeness (QED) is 0.751. The number of carbonyl (C=O) groups excluding carboxylic acids is 1. The molecule has 130 valence electrons. The van der Waals surface area contributed by atoms with Gasteiger partial charge in [-0.05, 0) is 35.8 Å². The van der Waals surface area contributed by atoms with E-state index in [1.807, 2.05) is 7.05 Å². The van der Waals surface area contributed by atoms with Gasteiger partial charge in [-0.15, -0.1) is 11.3 Å². The summed E-state index contributed by atoms with van der Waals surface area (Å²) in [5, 5.41) is 1.07. The Kier molecular flexibility index (Phi) is 3.84. The number of hydrogen-bond donors (Lipinski definition) is 0. The fourth-order valence-electron chi connectivity index (χ4n) is 3.68. The average Bonchev–Trinajstić information content (AvgIpc) is 3.12. The SMILES string of the molecule is CN1C(=O)CN=C(c2ccc(C(C)(C)C)cc2)c2c1sc1c2CCC1. The maximum absolute atomic E-state index is 12.4. The van der Waals surface area contributed by atoms with Crippen LogP contribution in [0.2, 0.25) is 0 Å². The van der Waals surface area contributed by atoms with Gasteiger partial charge in [0.15, 0.2) is 0 Å². The average molecular weight is 353 g/mol. The third-order valence-electron chi connectivity index (χ3n) is 5.22. The zero-order valence-electron chi connectivity index (χ0n) is 15.3. The first-order valence-corrected chi connectivity index (χ1v) is 9.75. The molecule has 0 unspecified atom stereocenters. The van der Waals surface area contributed by atoms with Gasteiger partial charge < -0.3 is 4.90 Å². The van der Waals surface area contributed by atoms with E-state index in [-0.39, 0.29) is 17.9 Å². The Hall–Kier alpha value is -1.94. The number of rotatable bonds is 1. The summed E-state index contributed by atoms with van der Waals surface area (Å²) in [5.74, 6) is 0.0717. The van der Waals surface area contributed by atoms with Gasteiger partial charge in [0.1, 0.15) is 11.5 Å². The Morgan fingerprint density at radius 3 is 2.52 bits per heavy atom. The molecule has 0 saturated carbocycles. The minimum Gasteiger partial charge on any atom is -0.305 e. The van der Waals surface area contributed by atoms with E-state index in [0.29, 0.717) is 0 Å². The summed E-state index contributed by atoms with van der Waals surface area (Å²) in [6.07, 6.45) is 3.44. The number of hydrogen-bond acceptors (Lipinski definition) is 3. The molecule has 4 heteroatoms. The summed E-state index contributed by atoms with van der Waals surface area (Å²) in [4.78, 5) is 20.4. The predicted molar refractivity (Wildman–Crippen MR) is 105 cm³/mol. The highest BCUT2D eigenvalue weighted by atomic mass is 32.1. The largest absolute Gasteiger partial charge is 0.305 e. The number of amides is 1. The van der Waals surface area contributed by atoms with Gasteiger partial charge in [0, 0.05) is 23.1 Å². The van der Waals surface area contributed by atoms with Gasteiger partial charge in [-0.1, -0.05) is 45.0 Å². The molecule has 0 fully saturated rings.